The molecule has 0 bridgehead atoms. The smallest absolute Gasteiger partial charge is 0.416 e. The second kappa shape index (κ2) is 8.59. The number of aliphatic hydroxyl groups is 1. The molecule has 6 nitrogen and oxygen atoms in total. The third kappa shape index (κ3) is 4.40. The molecule has 0 fully saturated rings. The minimum Gasteiger partial charge on any atom is -0.478 e. The van der Waals surface area contributed by atoms with Gasteiger partial charge in [0.1, 0.15) is 11.8 Å². The van der Waals surface area contributed by atoms with Crippen molar-refractivity contribution in [2.75, 3.05) is 6.61 Å². The number of rotatable bonds is 6. The van der Waals surface area contributed by atoms with E-state index in [1.807, 2.05) is 0 Å². The lowest BCUT2D eigenvalue weighted by Crippen LogP contribution is -2.11. The fourth-order valence-electron chi connectivity index (χ4n) is 3.62. The van der Waals surface area contributed by atoms with Gasteiger partial charge in [0.25, 0.3) is 0 Å². The molecule has 0 aliphatic carbocycles. The van der Waals surface area contributed by atoms with E-state index in [1.165, 1.54) is 16.7 Å². The number of aromatic carboxylic acids is 1. The van der Waals surface area contributed by atoms with Crippen LogP contribution in [-0.2, 0) is 6.18 Å². The Labute approximate surface area is 186 Å². The van der Waals surface area contributed by atoms with Crippen LogP contribution in [0.1, 0.15) is 40.2 Å². The average molecular weight is 456 g/mol. The summed E-state index contributed by atoms with van der Waals surface area (Å²) >= 11 is 0. The molecule has 4 rings (SSSR count). The first-order valence-electron chi connectivity index (χ1n) is 10.0. The van der Waals surface area contributed by atoms with Gasteiger partial charge in [-0.05, 0) is 41.8 Å². The average Bonchev–Trinajstić information content (AvgIpc) is 3.20. The molecule has 0 aliphatic rings. The number of carbonyl (C=O) groups is 1. The largest absolute Gasteiger partial charge is 0.478 e. The molecular weight excluding hydrogens is 437 g/mol. The molecule has 0 saturated heterocycles. The molecule has 0 spiro atoms. The number of aliphatic hydroxyl groups excluding tert-OH is 1. The van der Waals surface area contributed by atoms with Crippen LogP contribution >= 0.6 is 0 Å². The number of benzene rings is 2. The van der Waals surface area contributed by atoms with Crippen molar-refractivity contribution in [2.24, 2.45) is 0 Å². The third-order valence-corrected chi connectivity index (χ3v) is 5.17. The first-order valence-corrected chi connectivity index (χ1v) is 10.0. The molecule has 4 aromatic rings. The van der Waals surface area contributed by atoms with E-state index in [9.17, 15) is 28.2 Å². The Morgan fingerprint density at radius 3 is 2.45 bits per heavy atom. The zero-order valence-electron chi connectivity index (χ0n) is 17.4. The van der Waals surface area contributed by atoms with Crippen LogP contribution in [0.15, 0.2) is 66.9 Å². The first kappa shape index (κ1) is 22.3. The standard InChI is InChI=1S/C24H19F3N2O4/c1-2-33-21-13-29-19(11-16(24(25,26)27)12-20(29)28-21)22(30)15-9-7-14(8-10-15)17-5-3-4-6-18(17)23(31)32/h3-13,22,30H,2H2,1H3,(H,31,32). The Balaban J connectivity index is 1.77. The molecule has 9 heteroatoms. The number of pyridine rings is 1. The van der Waals surface area contributed by atoms with Gasteiger partial charge in [0, 0.05) is 0 Å². The molecule has 0 aliphatic heterocycles. The van der Waals surface area contributed by atoms with Crippen molar-refractivity contribution in [1.29, 1.82) is 0 Å². The van der Waals surface area contributed by atoms with Crippen molar-refractivity contribution in [3.63, 3.8) is 0 Å². The topological polar surface area (TPSA) is 84.1 Å². The van der Waals surface area contributed by atoms with Crippen molar-refractivity contribution in [3.05, 3.63) is 89.2 Å². The van der Waals surface area contributed by atoms with Crippen molar-refractivity contribution in [3.8, 4) is 17.0 Å². The summed E-state index contributed by atoms with van der Waals surface area (Å²) in [6, 6.07) is 14.6. The highest BCUT2D eigenvalue weighted by atomic mass is 19.4. The van der Waals surface area contributed by atoms with Gasteiger partial charge in [-0.25, -0.2) is 4.79 Å². The van der Waals surface area contributed by atoms with Crippen LogP contribution in [0, 0.1) is 0 Å². The first-order chi connectivity index (χ1) is 15.7. The molecule has 1 atom stereocenters. The van der Waals surface area contributed by atoms with Gasteiger partial charge in [-0.2, -0.15) is 18.2 Å². The van der Waals surface area contributed by atoms with Gasteiger partial charge in [0.2, 0.25) is 5.88 Å². The highest BCUT2D eigenvalue weighted by molar-refractivity contribution is 5.96. The number of ether oxygens (including phenoxy) is 1. The maximum Gasteiger partial charge on any atom is 0.416 e. The molecule has 0 amide bonds. The number of imidazole rings is 1. The highest BCUT2D eigenvalue weighted by Gasteiger charge is 2.33. The lowest BCUT2D eigenvalue weighted by Gasteiger charge is -2.17. The molecule has 0 radical (unpaired) electrons. The quantitative estimate of drug-likeness (QED) is 0.417. The van der Waals surface area contributed by atoms with E-state index in [4.69, 9.17) is 4.74 Å². The van der Waals surface area contributed by atoms with E-state index in [1.54, 1.807) is 49.4 Å². The molecule has 2 aromatic carbocycles. The summed E-state index contributed by atoms with van der Waals surface area (Å²) in [5.41, 5.74) is 0.560. The summed E-state index contributed by atoms with van der Waals surface area (Å²) in [6.45, 7) is 2.01. The number of nitrogens with zero attached hydrogens (tertiary/aromatic N) is 2. The zero-order chi connectivity index (χ0) is 23.8. The van der Waals surface area contributed by atoms with Gasteiger partial charge in [0.05, 0.1) is 29.6 Å². The number of aromatic nitrogens is 2. The second-order valence-corrected chi connectivity index (χ2v) is 7.28. The normalized spacial score (nSPS) is 12.6. The van der Waals surface area contributed by atoms with Crippen LogP contribution in [0.3, 0.4) is 0 Å². The van der Waals surface area contributed by atoms with Crippen LogP contribution in [0.4, 0.5) is 13.2 Å². The van der Waals surface area contributed by atoms with Crippen molar-refractivity contribution in [2.45, 2.75) is 19.2 Å². The van der Waals surface area contributed by atoms with Crippen LogP contribution in [0.25, 0.3) is 16.8 Å². The van der Waals surface area contributed by atoms with Gasteiger partial charge in [-0.15, -0.1) is 0 Å². The lowest BCUT2D eigenvalue weighted by atomic mass is 9.96. The zero-order valence-corrected chi connectivity index (χ0v) is 17.4. The van der Waals surface area contributed by atoms with E-state index < -0.39 is 23.8 Å². The molecule has 33 heavy (non-hydrogen) atoms. The Morgan fingerprint density at radius 1 is 1.12 bits per heavy atom. The summed E-state index contributed by atoms with van der Waals surface area (Å²) in [5, 5.41) is 20.4. The van der Waals surface area contributed by atoms with E-state index in [2.05, 4.69) is 4.98 Å². The third-order valence-electron chi connectivity index (χ3n) is 5.17. The lowest BCUT2D eigenvalue weighted by molar-refractivity contribution is -0.137. The number of hydrogen-bond donors (Lipinski definition) is 2. The number of carboxylic acids is 1. The molecule has 0 saturated carbocycles. The Hall–Kier alpha value is -3.85. The molecule has 2 N–H and O–H groups in total. The summed E-state index contributed by atoms with van der Waals surface area (Å²) in [6.07, 6.45) is -4.60. The van der Waals surface area contributed by atoms with Crippen LogP contribution in [0.2, 0.25) is 0 Å². The van der Waals surface area contributed by atoms with Gasteiger partial charge in [-0.3, -0.25) is 4.40 Å². The number of halogens is 3. The fraction of sp³-hybridized carbons (Fsp3) is 0.167. The number of carboxylic acid groups (broad SMARTS) is 1. The van der Waals surface area contributed by atoms with Gasteiger partial charge in [0.15, 0.2) is 0 Å². The van der Waals surface area contributed by atoms with Crippen molar-refractivity contribution < 1.29 is 32.9 Å². The number of alkyl halides is 3. The molecule has 170 valence electrons. The van der Waals surface area contributed by atoms with E-state index in [0.29, 0.717) is 16.7 Å². The van der Waals surface area contributed by atoms with Gasteiger partial charge in [-0.1, -0.05) is 42.5 Å². The Bertz CT molecular complexity index is 1310. The van der Waals surface area contributed by atoms with Crippen LogP contribution in [0.5, 0.6) is 5.88 Å². The fourth-order valence-corrected chi connectivity index (χ4v) is 3.62. The second-order valence-electron chi connectivity index (χ2n) is 7.28. The Morgan fingerprint density at radius 2 is 1.82 bits per heavy atom. The predicted molar refractivity (Wildman–Crippen MR) is 114 cm³/mol. The maximum absolute atomic E-state index is 13.5. The maximum atomic E-state index is 13.5. The molecule has 2 aromatic heterocycles. The van der Waals surface area contributed by atoms with Gasteiger partial charge >= 0.3 is 12.1 Å². The summed E-state index contributed by atoms with van der Waals surface area (Å²) < 4.78 is 47.1. The van der Waals surface area contributed by atoms with Crippen LogP contribution in [-0.4, -0.2) is 32.2 Å². The van der Waals surface area contributed by atoms with Gasteiger partial charge < -0.3 is 14.9 Å². The SMILES string of the molecule is CCOc1cn2c(C(O)c3ccc(-c4ccccc4C(=O)O)cc3)cc(C(F)(F)F)cc2n1. The molecule has 1 unspecified atom stereocenters. The summed E-state index contributed by atoms with van der Waals surface area (Å²) in [7, 11) is 0. The van der Waals surface area contributed by atoms with Crippen LogP contribution < -0.4 is 4.74 Å². The van der Waals surface area contributed by atoms with Crippen molar-refractivity contribution in [1.82, 2.24) is 9.38 Å². The van der Waals surface area contributed by atoms with Crippen molar-refractivity contribution >= 4 is 11.6 Å². The van der Waals surface area contributed by atoms with E-state index in [0.717, 1.165) is 12.1 Å². The highest BCUT2D eigenvalue weighted by Crippen LogP contribution is 2.35. The Kier molecular flexibility index (Phi) is 5.82. The molecule has 2 heterocycles. The predicted octanol–water partition coefficient (Wildman–Crippen LogP) is 5.20. The number of hydrogen-bond acceptors (Lipinski definition) is 4. The molecular formula is C24H19F3N2O4. The minimum atomic E-state index is -4.63. The number of fused-ring (bicyclic) bond motifs is 1. The monoisotopic (exact) mass is 456 g/mol. The van der Waals surface area contributed by atoms with E-state index >= 15 is 0 Å². The summed E-state index contributed by atoms with van der Waals surface area (Å²) in [4.78, 5) is 15.6. The van der Waals surface area contributed by atoms with E-state index in [-0.39, 0.29) is 29.4 Å². The minimum absolute atomic E-state index is 0.00525. The summed E-state index contributed by atoms with van der Waals surface area (Å²) in [5.74, 6) is -0.933.